The largest absolute Gasteiger partial charge is 0.411 e. The lowest BCUT2D eigenvalue weighted by Crippen LogP contribution is -2.24. The molecule has 6 heteroatoms. The average molecular weight is 229 g/mol. The normalized spacial score (nSPS) is 10.9. The van der Waals surface area contributed by atoms with E-state index in [4.69, 9.17) is 16.8 Å². The van der Waals surface area contributed by atoms with Gasteiger partial charge in [0.1, 0.15) is 17.3 Å². The monoisotopic (exact) mass is 228 g/mol. The van der Waals surface area contributed by atoms with E-state index in [0.29, 0.717) is 11.4 Å². The summed E-state index contributed by atoms with van der Waals surface area (Å²) in [5, 5.41) is 11.8. The van der Waals surface area contributed by atoms with E-state index in [9.17, 15) is 0 Å². The molecule has 0 radical (unpaired) electrons. The van der Waals surface area contributed by atoms with Crippen LogP contribution < -0.4 is 4.90 Å². The second-order valence-corrected chi connectivity index (χ2v) is 3.18. The van der Waals surface area contributed by atoms with Gasteiger partial charge in [0, 0.05) is 13.1 Å². The highest BCUT2D eigenvalue weighted by Gasteiger charge is 2.12. The fourth-order valence-corrected chi connectivity index (χ4v) is 1.49. The van der Waals surface area contributed by atoms with Gasteiger partial charge in [-0.2, -0.15) is 0 Å². The van der Waals surface area contributed by atoms with Crippen LogP contribution in [0.3, 0.4) is 0 Å². The Labute approximate surface area is 93.4 Å². The Balaban J connectivity index is 3.20. The van der Waals surface area contributed by atoms with E-state index in [1.54, 1.807) is 0 Å². The number of halogens is 1. The predicted molar refractivity (Wildman–Crippen MR) is 60.0 cm³/mol. The van der Waals surface area contributed by atoms with Gasteiger partial charge in [-0.25, -0.2) is 9.97 Å². The molecule has 15 heavy (non-hydrogen) atoms. The van der Waals surface area contributed by atoms with Crippen LogP contribution in [0.1, 0.15) is 19.4 Å². The molecule has 82 valence electrons. The second kappa shape index (κ2) is 5.50. The highest BCUT2D eigenvalue weighted by atomic mass is 35.5. The van der Waals surface area contributed by atoms with Crippen LogP contribution in [0, 0.1) is 0 Å². The molecule has 1 rings (SSSR count). The first-order valence-corrected chi connectivity index (χ1v) is 5.05. The molecular formula is C9H13ClN4O. The van der Waals surface area contributed by atoms with E-state index in [2.05, 4.69) is 15.1 Å². The molecule has 0 unspecified atom stereocenters. The minimum Gasteiger partial charge on any atom is -0.411 e. The molecule has 0 spiro atoms. The number of oxime groups is 1. The fourth-order valence-electron chi connectivity index (χ4n) is 1.31. The van der Waals surface area contributed by atoms with Crippen molar-refractivity contribution < 1.29 is 5.21 Å². The van der Waals surface area contributed by atoms with Gasteiger partial charge in [0.15, 0.2) is 0 Å². The molecule has 0 bridgehead atoms. The third-order valence-electron chi connectivity index (χ3n) is 2.06. The summed E-state index contributed by atoms with van der Waals surface area (Å²) in [4.78, 5) is 9.97. The first-order valence-electron chi connectivity index (χ1n) is 4.67. The van der Waals surface area contributed by atoms with E-state index < -0.39 is 0 Å². The lowest BCUT2D eigenvalue weighted by molar-refractivity contribution is 0.322. The fraction of sp³-hybridized carbons (Fsp3) is 0.444. The van der Waals surface area contributed by atoms with Gasteiger partial charge in [-0.3, -0.25) is 0 Å². The summed E-state index contributed by atoms with van der Waals surface area (Å²) < 4.78 is 0. The van der Waals surface area contributed by atoms with Gasteiger partial charge >= 0.3 is 0 Å². The molecule has 1 aromatic rings. The van der Waals surface area contributed by atoms with Crippen molar-refractivity contribution in [2.75, 3.05) is 18.0 Å². The number of nitrogens with zero attached hydrogens (tertiary/aromatic N) is 4. The molecule has 1 aromatic heterocycles. The molecule has 0 fully saturated rings. The smallest absolute Gasteiger partial charge is 0.143 e. The third-order valence-corrected chi connectivity index (χ3v) is 2.37. The SMILES string of the molecule is CCN(CC)c1ncnc(Cl)c1/C=N/O. The molecule has 0 aliphatic carbocycles. The first kappa shape index (κ1) is 11.7. The summed E-state index contributed by atoms with van der Waals surface area (Å²) in [6.45, 7) is 5.63. The van der Waals surface area contributed by atoms with Crippen LogP contribution in [-0.4, -0.2) is 34.5 Å². The lowest BCUT2D eigenvalue weighted by Gasteiger charge is -2.21. The maximum atomic E-state index is 8.53. The van der Waals surface area contributed by atoms with Crippen LogP contribution >= 0.6 is 11.6 Å². The standard InChI is InChI=1S/C9H13ClN4O/c1-3-14(4-2)9-7(5-13-15)8(10)11-6-12-9/h5-6,15H,3-4H2,1-2H3/b13-5+. The summed E-state index contributed by atoms with van der Waals surface area (Å²) in [5.41, 5.74) is 0.533. The zero-order valence-corrected chi connectivity index (χ0v) is 9.44. The van der Waals surface area contributed by atoms with E-state index >= 15 is 0 Å². The average Bonchev–Trinajstić information content (AvgIpc) is 2.24. The zero-order chi connectivity index (χ0) is 11.3. The highest BCUT2D eigenvalue weighted by Crippen LogP contribution is 2.20. The molecule has 0 saturated heterocycles. The topological polar surface area (TPSA) is 61.6 Å². The number of hydrogen-bond acceptors (Lipinski definition) is 5. The van der Waals surface area contributed by atoms with Crippen molar-refractivity contribution in [3.05, 3.63) is 17.0 Å². The summed E-state index contributed by atoms with van der Waals surface area (Å²) in [6.07, 6.45) is 2.64. The van der Waals surface area contributed by atoms with Crippen molar-refractivity contribution in [1.82, 2.24) is 9.97 Å². The van der Waals surface area contributed by atoms with Gasteiger partial charge in [-0.05, 0) is 13.8 Å². The molecule has 0 amide bonds. The van der Waals surface area contributed by atoms with E-state index in [-0.39, 0.29) is 5.15 Å². The van der Waals surface area contributed by atoms with Crippen LogP contribution in [-0.2, 0) is 0 Å². The van der Waals surface area contributed by atoms with Crippen molar-refractivity contribution in [2.24, 2.45) is 5.16 Å². The minimum atomic E-state index is 0.282. The third kappa shape index (κ3) is 2.56. The van der Waals surface area contributed by atoms with Gasteiger partial charge in [-0.1, -0.05) is 16.8 Å². The minimum absolute atomic E-state index is 0.282. The highest BCUT2D eigenvalue weighted by molar-refractivity contribution is 6.32. The molecule has 0 aliphatic rings. The summed E-state index contributed by atoms with van der Waals surface area (Å²) in [6, 6.07) is 0. The number of anilines is 1. The van der Waals surface area contributed by atoms with Gasteiger partial charge in [-0.15, -0.1) is 0 Å². The molecule has 0 aliphatic heterocycles. The van der Waals surface area contributed by atoms with Crippen molar-refractivity contribution >= 4 is 23.6 Å². The first-order chi connectivity index (χ1) is 7.24. The summed E-state index contributed by atoms with van der Waals surface area (Å²) in [5.74, 6) is 0.679. The summed E-state index contributed by atoms with van der Waals surface area (Å²) >= 11 is 5.89. The van der Waals surface area contributed by atoms with Crippen molar-refractivity contribution in [3.63, 3.8) is 0 Å². The van der Waals surface area contributed by atoms with E-state index in [1.165, 1.54) is 12.5 Å². The number of aromatic nitrogens is 2. The maximum absolute atomic E-state index is 8.53. The van der Waals surface area contributed by atoms with E-state index in [1.807, 2.05) is 18.7 Å². The van der Waals surface area contributed by atoms with Gasteiger partial charge in [0.2, 0.25) is 0 Å². The van der Waals surface area contributed by atoms with Crippen molar-refractivity contribution in [2.45, 2.75) is 13.8 Å². The quantitative estimate of drug-likeness (QED) is 0.369. The molecular weight excluding hydrogens is 216 g/mol. The van der Waals surface area contributed by atoms with Crippen LogP contribution in [0.2, 0.25) is 5.15 Å². The number of rotatable bonds is 4. The molecule has 1 N–H and O–H groups in total. The van der Waals surface area contributed by atoms with E-state index in [0.717, 1.165) is 13.1 Å². The predicted octanol–water partition coefficient (Wildman–Crippen LogP) is 1.78. The van der Waals surface area contributed by atoms with Gasteiger partial charge < -0.3 is 10.1 Å². The van der Waals surface area contributed by atoms with Crippen LogP contribution in [0.5, 0.6) is 0 Å². The Morgan fingerprint density at radius 3 is 2.67 bits per heavy atom. The number of hydrogen-bond donors (Lipinski definition) is 1. The zero-order valence-electron chi connectivity index (χ0n) is 8.68. The Bertz CT molecular complexity index is 352. The van der Waals surface area contributed by atoms with Crippen molar-refractivity contribution in [1.29, 1.82) is 0 Å². The Morgan fingerprint density at radius 2 is 2.13 bits per heavy atom. The Hall–Kier alpha value is -1.36. The maximum Gasteiger partial charge on any atom is 0.143 e. The van der Waals surface area contributed by atoms with Crippen LogP contribution in [0.4, 0.5) is 5.82 Å². The lowest BCUT2D eigenvalue weighted by atomic mass is 10.3. The molecule has 1 heterocycles. The Morgan fingerprint density at radius 1 is 1.47 bits per heavy atom. The van der Waals surface area contributed by atoms with Gasteiger partial charge in [0.05, 0.1) is 11.8 Å². The second-order valence-electron chi connectivity index (χ2n) is 2.82. The Kier molecular flexibility index (Phi) is 4.30. The molecule has 0 saturated carbocycles. The summed E-state index contributed by atoms with van der Waals surface area (Å²) in [7, 11) is 0. The molecule has 5 nitrogen and oxygen atoms in total. The van der Waals surface area contributed by atoms with Gasteiger partial charge in [0.25, 0.3) is 0 Å². The molecule has 0 atom stereocenters. The molecule has 0 aromatic carbocycles. The van der Waals surface area contributed by atoms with Crippen LogP contribution in [0.25, 0.3) is 0 Å². The van der Waals surface area contributed by atoms with Crippen LogP contribution in [0.15, 0.2) is 11.5 Å². The van der Waals surface area contributed by atoms with Crippen molar-refractivity contribution in [3.8, 4) is 0 Å².